The Bertz CT molecular complexity index is 574. The molecule has 0 saturated carbocycles. The zero-order valence-corrected chi connectivity index (χ0v) is 12.8. The zero-order valence-electron chi connectivity index (χ0n) is 11.7. The van der Waals surface area contributed by atoms with Crippen molar-refractivity contribution in [3.8, 4) is 5.75 Å². The topological polar surface area (TPSA) is 32.3 Å². The first-order valence-corrected chi connectivity index (χ1v) is 6.38. The smallest absolute Gasteiger partial charge is 0.872 e. The van der Waals surface area contributed by atoms with Crippen molar-refractivity contribution in [2.75, 3.05) is 7.11 Å². The molecule has 0 saturated heterocycles. The van der Waals surface area contributed by atoms with Crippen molar-refractivity contribution in [3.05, 3.63) is 90.0 Å². The summed E-state index contributed by atoms with van der Waals surface area (Å²) in [5.41, 5.74) is 1.40. The van der Waals surface area contributed by atoms with Crippen molar-refractivity contribution < 1.29 is 26.9 Å². The van der Waals surface area contributed by atoms with Crippen LogP contribution in [0.4, 0.5) is 0 Å². The fourth-order valence-corrected chi connectivity index (χ4v) is 1.76. The van der Waals surface area contributed by atoms with E-state index in [1.165, 1.54) is 0 Å². The largest absolute Gasteiger partial charge is 2.00 e. The summed E-state index contributed by atoms with van der Waals surface area (Å²) in [6.45, 7) is 0. The predicted molar refractivity (Wildman–Crippen MR) is 80.2 cm³/mol. The summed E-state index contributed by atoms with van der Waals surface area (Å²) < 4.78 is 5.03. The van der Waals surface area contributed by atoms with Gasteiger partial charge in [0.05, 0.1) is 7.11 Å². The molecular formula is C18H16FeO2. The van der Waals surface area contributed by atoms with Gasteiger partial charge in [0.25, 0.3) is 0 Å². The van der Waals surface area contributed by atoms with Gasteiger partial charge in [-0.25, -0.2) is 12.1 Å². The van der Waals surface area contributed by atoms with E-state index in [0.717, 1.165) is 11.3 Å². The Kier molecular flexibility index (Phi) is 7.24. The molecule has 3 rings (SSSR count). The van der Waals surface area contributed by atoms with Crippen molar-refractivity contribution in [2.45, 2.75) is 0 Å². The van der Waals surface area contributed by atoms with E-state index in [2.05, 4.69) is 0 Å². The third-order valence-corrected chi connectivity index (χ3v) is 2.83. The third-order valence-electron chi connectivity index (χ3n) is 2.83. The maximum atomic E-state index is 11.9. The van der Waals surface area contributed by atoms with Crippen LogP contribution in [-0.2, 0) is 17.1 Å². The molecule has 1 aliphatic carbocycles. The molecule has 0 heterocycles. The van der Waals surface area contributed by atoms with Gasteiger partial charge >= 0.3 is 17.1 Å². The first-order chi connectivity index (χ1) is 9.81. The average Bonchev–Trinajstić information content (AvgIpc) is 3.21. The van der Waals surface area contributed by atoms with Gasteiger partial charge in [0.2, 0.25) is 0 Å². The average molecular weight is 320 g/mol. The van der Waals surface area contributed by atoms with Crippen molar-refractivity contribution in [2.24, 2.45) is 0 Å². The van der Waals surface area contributed by atoms with Gasteiger partial charge in [0.15, 0.2) is 0 Å². The summed E-state index contributed by atoms with van der Waals surface area (Å²) in [6, 6.07) is 17.1. The molecular weight excluding hydrogens is 304 g/mol. The molecule has 108 valence electrons. The summed E-state index contributed by atoms with van der Waals surface area (Å²) in [7, 11) is 1.61. The first-order valence-electron chi connectivity index (χ1n) is 6.38. The van der Waals surface area contributed by atoms with E-state index < -0.39 is 0 Å². The van der Waals surface area contributed by atoms with Gasteiger partial charge in [-0.05, 0) is 23.3 Å². The van der Waals surface area contributed by atoms with Gasteiger partial charge in [-0.1, -0.05) is 42.2 Å². The minimum Gasteiger partial charge on any atom is -0.872 e. The molecule has 3 heteroatoms. The number of hydrogen-bond donors (Lipinski definition) is 0. The van der Waals surface area contributed by atoms with Crippen LogP contribution in [0, 0.1) is 0 Å². The number of ether oxygens (including phenoxy) is 1. The Morgan fingerprint density at radius 3 is 2.00 bits per heavy atom. The zero-order chi connectivity index (χ0) is 14.2. The molecule has 2 nitrogen and oxygen atoms in total. The van der Waals surface area contributed by atoms with Crippen LogP contribution >= 0.6 is 0 Å². The monoisotopic (exact) mass is 320 g/mol. The van der Waals surface area contributed by atoms with E-state index in [1.54, 1.807) is 31.4 Å². The van der Waals surface area contributed by atoms with Crippen molar-refractivity contribution >= 4 is 5.76 Å². The van der Waals surface area contributed by atoms with Gasteiger partial charge in [-0.3, -0.25) is 0 Å². The normalized spacial score (nSPS) is 11.4. The Labute approximate surface area is 135 Å². The maximum Gasteiger partial charge on any atom is 2.00 e. The molecule has 0 fully saturated rings. The van der Waals surface area contributed by atoms with Crippen LogP contribution in [0.1, 0.15) is 5.56 Å². The van der Waals surface area contributed by atoms with Crippen molar-refractivity contribution in [1.29, 1.82) is 0 Å². The quantitative estimate of drug-likeness (QED) is 0.483. The molecule has 0 spiro atoms. The number of benzene rings is 1. The minimum atomic E-state index is 0. The molecule has 0 bridgehead atoms. The SMILES string of the molecule is COc1ccc(C([O-])=C2C=CC=C2)cc1.[Fe+2].c1cc[cH-]c1. The summed E-state index contributed by atoms with van der Waals surface area (Å²) in [5, 5.41) is 11.9. The van der Waals surface area contributed by atoms with Crippen LogP contribution in [0.15, 0.2) is 84.5 Å². The van der Waals surface area contributed by atoms with Crippen LogP contribution in [0.2, 0.25) is 0 Å². The van der Waals surface area contributed by atoms with Gasteiger partial charge in [-0.15, -0.1) is 0 Å². The standard InChI is InChI=1S/C13H12O2.C5H5.Fe/c1-15-12-8-6-11(7-9-12)13(14)10-4-2-3-5-10;1-2-4-5-3-1;/h2-9,14H,1H3;1-5H;/q;-1;+2/p-1. The maximum absolute atomic E-state index is 11.9. The van der Waals surface area contributed by atoms with Crippen molar-refractivity contribution in [3.63, 3.8) is 0 Å². The number of rotatable bonds is 2. The van der Waals surface area contributed by atoms with Crippen LogP contribution < -0.4 is 9.84 Å². The van der Waals surface area contributed by atoms with E-state index in [0.29, 0.717) is 5.56 Å². The molecule has 21 heavy (non-hydrogen) atoms. The molecule has 0 atom stereocenters. The molecule has 0 aliphatic heterocycles. The molecule has 2 aromatic rings. The van der Waals surface area contributed by atoms with Crippen LogP contribution in [-0.4, -0.2) is 7.11 Å². The second-order valence-electron chi connectivity index (χ2n) is 4.19. The predicted octanol–water partition coefficient (Wildman–Crippen LogP) is 3.30. The second kappa shape index (κ2) is 8.96. The first kappa shape index (κ1) is 17.0. The molecule has 0 radical (unpaired) electrons. The van der Waals surface area contributed by atoms with Gasteiger partial charge in [-0.2, -0.15) is 18.2 Å². The Hall–Kier alpha value is -2.09. The summed E-state index contributed by atoms with van der Waals surface area (Å²) in [6.07, 6.45) is 7.34. The number of allylic oxidation sites excluding steroid dienone is 5. The molecule has 1 aliphatic rings. The number of methoxy groups -OCH3 is 1. The van der Waals surface area contributed by atoms with Gasteiger partial charge in [0.1, 0.15) is 5.75 Å². The van der Waals surface area contributed by atoms with Crippen LogP contribution in [0.25, 0.3) is 5.76 Å². The molecule has 0 amide bonds. The molecule has 0 N–H and O–H groups in total. The molecule has 0 unspecified atom stereocenters. The minimum absolute atomic E-state index is 0. The number of hydrogen-bond acceptors (Lipinski definition) is 2. The second-order valence-corrected chi connectivity index (χ2v) is 4.19. The molecule has 0 aromatic heterocycles. The molecule has 2 aromatic carbocycles. The third kappa shape index (κ3) is 5.07. The van der Waals surface area contributed by atoms with Crippen molar-refractivity contribution in [1.82, 2.24) is 0 Å². The van der Waals surface area contributed by atoms with Crippen LogP contribution in [0.5, 0.6) is 5.75 Å². The Morgan fingerprint density at radius 1 is 1.00 bits per heavy atom. The van der Waals surface area contributed by atoms with E-state index >= 15 is 0 Å². The van der Waals surface area contributed by atoms with E-state index in [1.807, 2.05) is 54.6 Å². The van der Waals surface area contributed by atoms with E-state index in [9.17, 15) is 5.11 Å². The van der Waals surface area contributed by atoms with E-state index in [-0.39, 0.29) is 22.8 Å². The van der Waals surface area contributed by atoms with E-state index in [4.69, 9.17) is 4.74 Å². The summed E-state index contributed by atoms with van der Waals surface area (Å²) in [5.74, 6) is 0.803. The summed E-state index contributed by atoms with van der Waals surface area (Å²) in [4.78, 5) is 0. The Balaban J connectivity index is 0.000000313. The van der Waals surface area contributed by atoms with Crippen LogP contribution in [0.3, 0.4) is 0 Å². The fraction of sp³-hybridized carbons (Fsp3) is 0.0556. The fourth-order valence-electron chi connectivity index (χ4n) is 1.76. The Morgan fingerprint density at radius 2 is 1.57 bits per heavy atom. The summed E-state index contributed by atoms with van der Waals surface area (Å²) >= 11 is 0. The van der Waals surface area contributed by atoms with Gasteiger partial charge < -0.3 is 9.84 Å². The van der Waals surface area contributed by atoms with Gasteiger partial charge in [0, 0.05) is 0 Å².